The Morgan fingerprint density at radius 2 is 1.95 bits per heavy atom. The van der Waals surface area contributed by atoms with Gasteiger partial charge in [0.25, 0.3) is 0 Å². The molecular weight excluding hydrogens is 232 g/mol. The van der Waals surface area contributed by atoms with Crippen molar-refractivity contribution in [2.24, 2.45) is 29.1 Å². The summed E-state index contributed by atoms with van der Waals surface area (Å²) < 4.78 is 0. The van der Waals surface area contributed by atoms with Gasteiger partial charge in [0.2, 0.25) is 0 Å². The van der Waals surface area contributed by atoms with Gasteiger partial charge >= 0.3 is 0 Å². The molecule has 4 rings (SSSR count). The van der Waals surface area contributed by atoms with Gasteiger partial charge in [0.05, 0.1) is 0 Å². The zero-order chi connectivity index (χ0) is 13.1. The molecule has 2 fully saturated rings. The molecule has 1 unspecified atom stereocenters. The highest BCUT2D eigenvalue weighted by molar-refractivity contribution is 5.32. The van der Waals surface area contributed by atoms with Crippen LogP contribution in [0.25, 0.3) is 0 Å². The number of hydrogen-bond acceptors (Lipinski definition) is 1. The first-order valence-electron chi connectivity index (χ1n) is 7.90. The van der Waals surface area contributed by atoms with Crippen LogP contribution in [0.2, 0.25) is 0 Å². The first-order valence-corrected chi connectivity index (χ1v) is 7.90. The summed E-state index contributed by atoms with van der Waals surface area (Å²) in [5.74, 6) is 2.50. The fourth-order valence-electron chi connectivity index (χ4n) is 5.49. The molecule has 0 radical (unpaired) electrons. The third-order valence-corrected chi connectivity index (χ3v) is 6.54. The van der Waals surface area contributed by atoms with E-state index in [1.807, 2.05) is 12.2 Å². The van der Waals surface area contributed by atoms with Gasteiger partial charge in [-0.2, -0.15) is 0 Å². The molecule has 1 nitrogen and oxygen atoms in total. The van der Waals surface area contributed by atoms with Crippen LogP contribution < -0.4 is 0 Å². The molecule has 0 amide bonds. The molecule has 1 N–H and O–H groups in total. The number of fused-ring (bicyclic) bond motifs is 5. The Morgan fingerprint density at radius 1 is 1.05 bits per heavy atom. The SMILES string of the molecule is C[C@@]12CCC[C@H]1[C@@H]1C=CC3(O)C=CC=C[C@@H]3[C@H]1CC2. The molecule has 19 heavy (non-hydrogen) atoms. The van der Waals surface area contributed by atoms with Gasteiger partial charge in [0, 0.05) is 5.92 Å². The molecule has 0 heterocycles. The number of aliphatic hydroxyl groups is 1. The van der Waals surface area contributed by atoms with Crippen LogP contribution in [0.1, 0.15) is 39.0 Å². The molecule has 102 valence electrons. The van der Waals surface area contributed by atoms with Gasteiger partial charge in [0.1, 0.15) is 5.60 Å². The van der Waals surface area contributed by atoms with Gasteiger partial charge in [-0.15, -0.1) is 0 Å². The van der Waals surface area contributed by atoms with Crippen LogP contribution in [0.15, 0.2) is 36.5 Å². The number of rotatable bonds is 0. The molecule has 0 aromatic rings. The van der Waals surface area contributed by atoms with E-state index in [1.165, 1.54) is 32.1 Å². The predicted octanol–water partition coefficient (Wildman–Crippen LogP) is 3.86. The third-order valence-electron chi connectivity index (χ3n) is 6.54. The summed E-state index contributed by atoms with van der Waals surface area (Å²) >= 11 is 0. The van der Waals surface area contributed by atoms with Crippen LogP contribution in [0.4, 0.5) is 0 Å². The molecule has 4 aliphatic rings. The van der Waals surface area contributed by atoms with Crippen molar-refractivity contribution in [1.29, 1.82) is 0 Å². The lowest BCUT2D eigenvalue weighted by Crippen LogP contribution is -2.49. The van der Waals surface area contributed by atoms with Crippen molar-refractivity contribution in [2.45, 2.75) is 44.6 Å². The Kier molecular flexibility index (Phi) is 2.42. The summed E-state index contributed by atoms with van der Waals surface area (Å²) in [6.07, 6.45) is 19.6. The Hall–Kier alpha value is -0.820. The largest absolute Gasteiger partial charge is 0.381 e. The maximum atomic E-state index is 10.8. The summed E-state index contributed by atoms with van der Waals surface area (Å²) in [5.41, 5.74) is -0.128. The Balaban J connectivity index is 1.73. The van der Waals surface area contributed by atoms with Gasteiger partial charge in [0.15, 0.2) is 0 Å². The first kappa shape index (κ1) is 12.0. The van der Waals surface area contributed by atoms with Crippen LogP contribution in [0, 0.1) is 29.1 Å². The Bertz CT molecular complexity index is 474. The molecule has 0 saturated heterocycles. The Morgan fingerprint density at radius 3 is 2.84 bits per heavy atom. The minimum atomic E-state index is -0.706. The zero-order valence-corrected chi connectivity index (χ0v) is 11.8. The monoisotopic (exact) mass is 256 g/mol. The van der Waals surface area contributed by atoms with Crippen molar-refractivity contribution in [3.63, 3.8) is 0 Å². The van der Waals surface area contributed by atoms with Gasteiger partial charge in [-0.25, -0.2) is 0 Å². The smallest absolute Gasteiger partial charge is 0.108 e. The molecular formula is C18H24O. The maximum Gasteiger partial charge on any atom is 0.108 e. The lowest BCUT2D eigenvalue weighted by molar-refractivity contribution is -0.0198. The van der Waals surface area contributed by atoms with E-state index in [0.717, 1.165) is 5.92 Å². The second-order valence-electron chi connectivity index (χ2n) is 7.45. The molecule has 1 heteroatoms. The van der Waals surface area contributed by atoms with E-state index in [9.17, 15) is 5.11 Å². The van der Waals surface area contributed by atoms with E-state index < -0.39 is 5.60 Å². The molecule has 0 spiro atoms. The molecule has 0 bridgehead atoms. The average Bonchev–Trinajstić information content (AvgIpc) is 2.79. The first-order chi connectivity index (χ1) is 9.12. The van der Waals surface area contributed by atoms with Crippen molar-refractivity contribution in [2.75, 3.05) is 0 Å². The van der Waals surface area contributed by atoms with Crippen molar-refractivity contribution in [3.05, 3.63) is 36.5 Å². The summed E-state index contributed by atoms with van der Waals surface area (Å²) in [4.78, 5) is 0. The Labute approximate surface area is 116 Å². The predicted molar refractivity (Wildman–Crippen MR) is 77.5 cm³/mol. The minimum Gasteiger partial charge on any atom is -0.381 e. The van der Waals surface area contributed by atoms with Gasteiger partial charge in [-0.1, -0.05) is 43.7 Å². The van der Waals surface area contributed by atoms with Crippen LogP contribution in [-0.4, -0.2) is 10.7 Å². The molecule has 0 aromatic heterocycles. The fourth-order valence-corrected chi connectivity index (χ4v) is 5.49. The highest BCUT2D eigenvalue weighted by atomic mass is 16.3. The van der Waals surface area contributed by atoms with Crippen LogP contribution in [0.3, 0.4) is 0 Å². The molecule has 6 atom stereocenters. The van der Waals surface area contributed by atoms with Crippen molar-refractivity contribution in [1.82, 2.24) is 0 Å². The average molecular weight is 256 g/mol. The van der Waals surface area contributed by atoms with E-state index in [4.69, 9.17) is 0 Å². The summed E-state index contributed by atoms with van der Waals surface area (Å²) in [6.45, 7) is 2.51. The van der Waals surface area contributed by atoms with E-state index >= 15 is 0 Å². The summed E-state index contributed by atoms with van der Waals surface area (Å²) in [6, 6.07) is 0. The molecule has 0 aromatic carbocycles. The zero-order valence-electron chi connectivity index (χ0n) is 11.8. The van der Waals surface area contributed by atoms with E-state index in [1.54, 1.807) is 0 Å². The van der Waals surface area contributed by atoms with Crippen molar-refractivity contribution >= 4 is 0 Å². The molecule has 2 saturated carbocycles. The lowest BCUT2D eigenvalue weighted by Gasteiger charge is -2.52. The van der Waals surface area contributed by atoms with Crippen LogP contribution in [0.5, 0.6) is 0 Å². The molecule has 4 aliphatic carbocycles. The number of allylic oxidation sites excluding steroid dienone is 3. The maximum absolute atomic E-state index is 10.8. The molecule has 0 aliphatic heterocycles. The van der Waals surface area contributed by atoms with Gasteiger partial charge in [-0.05, 0) is 54.9 Å². The van der Waals surface area contributed by atoms with Gasteiger partial charge < -0.3 is 5.11 Å². The third kappa shape index (κ3) is 1.57. The van der Waals surface area contributed by atoms with Crippen molar-refractivity contribution in [3.8, 4) is 0 Å². The topological polar surface area (TPSA) is 20.2 Å². The second-order valence-corrected chi connectivity index (χ2v) is 7.45. The number of hydrogen-bond donors (Lipinski definition) is 1. The minimum absolute atomic E-state index is 0.303. The van der Waals surface area contributed by atoms with E-state index in [2.05, 4.69) is 31.2 Å². The van der Waals surface area contributed by atoms with Crippen molar-refractivity contribution < 1.29 is 5.11 Å². The van der Waals surface area contributed by atoms with Gasteiger partial charge in [-0.3, -0.25) is 0 Å². The van der Waals surface area contributed by atoms with Crippen LogP contribution in [-0.2, 0) is 0 Å². The van der Waals surface area contributed by atoms with E-state index in [0.29, 0.717) is 23.2 Å². The van der Waals surface area contributed by atoms with E-state index in [-0.39, 0.29) is 0 Å². The summed E-state index contributed by atoms with van der Waals surface area (Å²) in [7, 11) is 0. The standard InChI is InChI=1S/C18H24O/c1-17-9-4-6-15(17)13-8-12-18(19)10-3-2-5-16(18)14(13)7-11-17/h2-3,5,8,10,12-16,19H,4,6-7,9,11H2,1H3/t13-,14+,15+,16-,17+,18?/m1/s1. The highest BCUT2D eigenvalue weighted by Gasteiger charge is 2.53. The highest BCUT2D eigenvalue weighted by Crippen LogP contribution is 2.60. The fraction of sp³-hybridized carbons (Fsp3) is 0.667. The summed E-state index contributed by atoms with van der Waals surface area (Å²) in [5, 5.41) is 10.8. The van der Waals surface area contributed by atoms with Crippen LogP contribution >= 0.6 is 0 Å². The second kappa shape index (κ2) is 3.85. The quantitative estimate of drug-likeness (QED) is 0.652. The lowest BCUT2D eigenvalue weighted by atomic mass is 9.53. The normalized spacial score (nSPS) is 54.6.